The number of rotatable bonds is 3. The number of aryl methyl sites for hydroxylation is 2. The van der Waals surface area contributed by atoms with Crippen molar-refractivity contribution in [1.29, 1.82) is 0 Å². The van der Waals surface area contributed by atoms with Crippen molar-refractivity contribution in [2.24, 2.45) is 0 Å². The number of ether oxygens (including phenoxy) is 1. The largest absolute Gasteiger partial charge is 0.464 e. The zero-order valence-corrected chi connectivity index (χ0v) is 14.4. The monoisotopic (exact) mass is 375 g/mol. The van der Waals surface area contributed by atoms with Gasteiger partial charge in [-0.2, -0.15) is 5.10 Å². The van der Waals surface area contributed by atoms with Crippen LogP contribution in [0.2, 0.25) is 0 Å². The zero-order valence-electron chi connectivity index (χ0n) is 12.8. The topological polar surface area (TPSA) is 70.2 Å². The minimum atomic E-state index is -0.460. The van der Waals surface area contributed by atoms with Gasteiger partial charge in [-0.3, -0.25) is 0 Å². The summed E-state index contributed by atoms with van der Waals surface area (Å²) in [5, 5.41) is 8.48. The second-order valence-electron chi connectivity index (χ2n) is 4.99. The lowest BCUT2D eigenvalue weighted by Crippen LogP contribution is -2.10. The lowest BCUT2D eigenvalue weighted by atomic mass is 10.1. The van der Waals surface area contributed by atoms with Gasteiger partial charge in [-0.25, -0.2) is 9.48 Å². The molecule has 2 aromatic heterocycles. The van der Waals surface area contributed by atoms with Gasteiger partial charge in [0.2, 0.25) is 0 Å². The van der Waals surface area contributed by atoms with Crippen LogP contribution in [-0.2, 0) is 4.74 Å². The highest BCUT2D eigenvalue weighted by Crippen LogP contribution is 2.28. The third-order valence-electron chi connectivity index (χ3n) is 3.46. The van der Waals surface area contributed by atoms with E-state index in [2.05, 4.69) is 26.2 Å². The van der Waals surface area contributed by atoms with Gasteiger partial charge in [0, 0.05) is 4.47 Å². The number of aromatic nitrogens is 3. The highest BCUT2D eigenvalue weighted by atomic mass is 79.9. The Hall–Kier alpha value is -2.41. The Bertz CT molecular complexity index is 846. The van der Waals surface area contributed by atoms with Crippen LogP contribution in [0.15, 0.2) is 39.3 Å². The molecular weight excluding hydrogens is 362 g/mol. The van der Waals surface area contributed by atoms with Crippen molar-refractivity contribution in [2.45, 2.75) is 13.8 Å². The molecule has 0 saturated carbocycles. The van der Waals surface area contributed by atoms with Crippen molar-refractivity contribution in [1.82, 2.24) is 14.9 Å². The van der Waals surface area contributed by atoms with Gasteiger partial charge in [-0.05, 0) is 44.2 Å². The van der Waals surface area contributed by atoms with Crippen molar-refractivity contribution in [3.05, 3.63) is 52.0 Å². The smallest absolute Gasteiger partial charge is 0.356 e. The van der Waals surface area contributed by atoms with Crippen molar-refractivity contribution in [2.75, 3.05) is 7.11 Å². The van der Waals surface area contributed by atoms with E-state index in [1.165, 1.54) is 7.11 Å². The third kappa shape index (κ3) is 2.79. The third-order valence-corrected chi connectivity index (χ3v) is 3.99. The summed E-state index contributed by atoms with van der Waals surface area (Å²) in [5.41, 5.74) is 3.21. The highest BCUT2D eigenvalue weighted by Gasteiger charge is 2.21. The van der Waals surface area contributed by atoms with Crippen molar-refractivity contribution in [3.8, 4) is 16.9 Å². The van der Waals surface area contributed by atoms with E-state index in [0.29, 0.717) is 17.1 Å². The fraction of sp³-hybridized carbons (Fsp3) is 0.188. The molecule has 7 heteroatoms. The SMILES string of the molecule is COC(=O)c1cc(-c2c(C)noc2C)nn1-c1ccc(Br)cc1. The Labute approximate surface area is 141 Å². The average molecular weight is 376 g/mol. The maximum Gasteiger partial charge on any atom is 0.356 e. The lowest BCUT2D eigenvalue weighted by molar-refractivity contribution is 0.0590. The Morgan fingerprint density at radius 1 is 1.26 bits per heavy atom. The predicted molar refractivity (Wildman–Crippen MR) is 87.6 cm³/mol. The van der Waals surface area contributed by atoms with E-state index in [0.717, 1.165) is 21.4 Å². The molecule has 0 aliphatic rings. The molecule has 0 unspecified atom stereocenters. The van der Waals surface area contributed by atoms with Crippen LogP contribution in [0.3, 0.4) is 0 Å². The van der Waals surface area contributed by atoms with Crippen LogP contribution in [0.25, 0.3) is 16.9 Å². The average Bonchev–Trinajstić information content (AvgIpc) is 3.11. The Morgan fingerprint density at radius 2 is 1.96 bits per heavy atom. The van der Waals surface area contributed by atoms with Crippen LogP contribution in [0.1, 0.15) is 21.9 Å². The summed E-state index contributed by atoms with van der Waals surface area (Å²) in [4.78, 5) is 12.1. The number of hydrogen-bond donors (Lipinski definition) is 0. The van der Waals surface area contributed by atoms with Gasteiger partial charge in [0.1, 0.15) is 5.76 Å². The summed E-state index contributed by atoms with van der Waals surface area (Å²) in [7, 11) is 1.34. The summed E-state index contributed by atoms with van der Waals surface area (Å²) >= 11 is 3.39. The number of nitrogens with zero attached hydrogens (tertiary/aromatic N) is 3. The van der Waals surface area contributed by atoms with E-state index < -0.39 is 5.97 Å². The molecule has 0 N–H and O–H groups in total. The van der Waals surface area contributed by atoms with E-state index in [1.807, 2.05) is 38.1 Å². The quantitative estimate of drug-likeness (QED) is 0.652. The van der Waals surface area contributed by atoms with E-state index in [1.54, 1.807) is 10.7 Å². The number of esters is 1. The van der Waals surface area contributed by atoms with Crippen molar-refractivity contribution in [3.63, 3.8) is 0 Å². The Morgan fingerprint density at radius 3 is 2.52 bits per heavy atom. The molecule has 3 rings (SSSR count). The Balaban J connectivity index is 2.18. The molecule has 0 fully saturated rings. The van der Waals surface area contributed by atoms with Gasteiger partial charge < -0.3 is 9.26 Å². The molecule has 0 bridgehead atoms. The second kappa shape index (κ2) is 6.00. The standard InChI is InChI=1S/C16H14BrN3O3/c1-9-15(10(2)23-19-9)13-8-14(16(21)22-3)20(18-13)12-6-4-11(17)5-7-12/h4-8H,1-3H3. The maximum absolute atomic E-state index is 12.1. The van der Waals surface area contributed by atoms with Crippen LogP contribution >= 0.6 is 15.9 Å². The fourth-order valence-electron chi connectivity index (χ4n) is 2.38. The molecule has 0 spiro atoms. The number of carbonyl (C=O) groups excluding carboxylic acids is 1. The summed E-state index contributed by atoms with van der Waals surface area (Å²) in [6.45, 7) is 3.65. The number of methoxy groups -OCH3 is 1. The minimum absolute atomic E-state index is 0.338. The van der Waals surface area contributed by atoms with Gasteiger partial charge in [-0.1, -0.05) is 21.1 Å². The van der Waals surface area contributed by atoms with Crippen LogP contribution in [0.4, 0.5) is 0 Å². The number of hydrogen-bond acceptors (Lipinski definition) is 5. The molecule has 0 saturated heterocycles. The first-order chi connectivity index (χ1) is 11.0. The molecular formula is C16H14BrN3O3. The minimum Gasteiger partial charge on any atom is -0.464 e. The zero-order chi connectivity index (χ0) is 16.6. The lowest BCUT2D eigenvalue weighted by Gasteiger charge is -2.05. The first-order valence-corrected chi connectivity index (χ1v) is 7.68. The molecule has 3 aromatic rings. The number of carbonyl (C=O) groups is 1. The molecule has 0 aliphatic carbocycles. The molecule has 118 valence electrons. The second-order valence-corrected chi connectivity index (χ2v) is 5.91. The van der Waals surface area contributed by atoms with E-state index >= 15 is 0 Å². The van der Waals surface area contributed by atoms with E-state index in [9.17, 15) is 4.79 Å². The molecule has 23 heavy (non-hydrogen) atoms. The molecule has 0 aliphatic heterocycles. The summed E-state index contributed by atoms with van der Waals surface area (Å²) in [5.74, 6) is 0.192. The Kier molecular flexibility index (Phi) is 4.04. The summed E-state index contributed by atoms with van der Waals surface area (Å²) < 4.78 is 12.5. The first kappa shape index (κ1) is 15.5. The normalized spacial score (nSPS) is 10.8. The number of benzene rings is 1. The summed E-state index contributed by atoms with van der Waals surface area (Å²) in [6.07, 6.45) is 0. The van der Waals surface area contributed by atoms with Crippen LogP contribution in [0.5, 0.6) is 0 Å². The van der Waals surface area contributed by atoms with Crippen molar-refractivity contribution < 1.29 is 14.1 Å². The van der Waals surface area contributed by atoms with Gasteiger partial charge in [0.25, 0.3) is 0 Å². The van der Waals surface area contributed by atoms with E-state index in [4.69, 9.17) is 9.26 Å². The van der Waals surface area contributed by atoms with E-state index in [-0.39, 0.29) is 0 Å². The number of halogens is 1. The molecule has 0 atom stereocenters. The molecule has 0 radical (unpaired) electrons. The molecule has 2 heterocycles. The maximum atomic E-state index is 12.1. The van der Waals surface area contributed by atoms with Gasteiger partial charge in [0.15, 0.2) is 5.69 Å². The highest BCUT2D eigenvalue weighted by molar-refractivity contribution is 9.10. The fourth-order valence-corrected chi connectivity index (χ4v) is 2.65. The van der Waals surface area contributed by atoms with Crippen LogP contribution < -0.4 is 0 Å². The van der Waals surface area contributed by atoms with Gasteiger partial charge in [0.05, 0.1) is 29.7 Å². The van der Waals surface area contributed by atoms with Crippen molar-refractivity contribution >= 4 is 21.9 Å². The molecule has 0 amide bonds. The van der Waals surface area contributed by atoms with Crippen LogP contribution in [0, 0.1) is 13.8 Å². The predicted octanol–water partition coefficient (Wildman–Crippen LogP) is 3.69. The first-order valence-electron chi connectivity index (χ1n) is 6.89. The van der Waals surface area contributed by atoms with Crippen LogP contribution in [-0.4, -0.2) is 28.0 Å². The molecule has 6 nitrogen and oxygen atoms in total. The molecule has 1 aromatic carbocycles. The van der Waals surface area contributed by atoms with Gasteiger partial charge in [-0.15, -0.1) is 0 Å². The van der Waals surface area contributed by atoms with Gasteiger partial charge >= 0.3 is 5.97 Å². The summed E-state index contributed by atoms with van der Waals surface area (Å²) in [6, 6.07) is 9.17.